The highest BCUT2D eigenvalue weighted by molar-refractivity contribution is 7.87. The first-order chi connectivity index (χ1) is 30.5. The number of hydrogen-bond acceptors (Lipinski definition) is 11. The highest BCUT2D eigenvalue weighted by Gasteiger charge is 2.67. The number of nitrogens with one attached hydrogen (secondary N) is 2. The number of benzene rings is 2. The minimum atomic E-state index is -3.62. The molecule has 8 rings (SSSR count). The molecule has 21 heteroatoms. The summed E-state index contributed by atoms with van der Waals surface area (Å²) >= 11 is 6.81. The number of anilines is 2. The maximum Gasteiger partial charge on any atom is 0.321 e. The van der Waals surface area contributed by atoms with E-state index in [2.05, 4.69) is 42.8 Å². The molecule has 5 N–H and O–H groups in total. The number of rotatable bonds is 13. The first-order valence-electron chi connectivity index (χ1n) is 20.4. The fourth-order valence-electron chi connectivity index (χ4n) is 7.98. The molecule has 342 valence electrons. The topological polar surface area (TPSA) is 186 Å². The Balaban J connectivity index is 1.25. The molecule has 0 aliphatic heterocycles. The van der Waals surface area contributed by atoms with Gasteiger partial charge in [-0.15, -0.1) is 5.10 Å². The van der Waals surface area contributed by atoms with E-state index >= 15 is 8.78 Å². The molecule has 13 nitrogen and oxygen atoms in total. The van der Waals surface area contributed by atoms with Gasteiger partial charge in [0, 0.05) is 51.8 Å². The molecule has 2 unspecified atom stereocenters. The Labute approximate surface area is 375 Å². The van der Waals surface area contributed by atoms with Crippen LogP contribution in [0.25, 0.3) is 22.0 Å². The lowest BCUT2D eigenvalue weighted by Gasteiger charge is -2.23. The van der Waals surface area contributed by atoms with Gasteiger partial charge in [-0.25, -0.2) is 22.5 Å². The molecule has 1 amide bonds. The van der Waals surface area contributed by atoms with Gasteiger partial charge in [0.1, 0.15) is 39.9 Å². The minimum absolute atomic E-state index is 0.0161. The van der Waals surface area contributed by atoms with E-state index in [9.17, 15) is 31.7 Å². The summed E-state index contributed by atoms with van der Waals surface area (Å²) in [6, 6.07) is 7.84. The summed E-state index contributed by atoms with van der Waals surface area (Å²) in [6.45, 7) is 5.47. The van der Waals surface area contributed by atoms with E-state index in [4.69, 9.17) is 26.7 Å². The maximum atomic E-state index is 15.4. The second-order valence-corrected chi connectivity index (χ2v) is 20.0. The number of halogens is 7. The van der Waals surface area contributed by atoms with Crippen LogP contribution in [0, 0.1) is 35.3 Å². The Morgan fingerprint density at radius 3 is 2.45 bits per heavy atom. The number of aliphatic imine (C=N–C) groups is 1. The Morgan fingerprint density at radius 2 is 1.80 bits per heavy atom. The van der Waals surface area contributed by atoms with Crippen molar-refractivity contribution in [3.05, 3.63) is 93.2 Å². The number of aromatic nitrogens is 5. The molecule has 0 saturated heterocycles. The van der Waals surface area contributed by atoms with E-state index in [1.807, 2.05) is 0 Å². The van der Waals surface area contributed by atoms with Crippen molar-refractivity contribution in [1.82, 2.24) is 30.3 Å². The lowest BCUT2D eigenvalue weighted by molar-refractivity contribution is -0.120. The summed E-state index contributed by atoms with van der Waals surface area (Å²) in [7, 11) is 0.335. The van der Waals surface area contributed by atoms with Gasteiger partial charge in [-0.05, 0) is 101 Å². The van der Waals surface area contributed by atoms with Crippen LogP contribution in [0.2, 0.25) is 5.02 Å². The molecule has 2 aromatic carbocycles. The number of carbonyl (C=O) groups excluding carboxylic acids is 1. The van der Waals surface area contributed by atoms with Crippen LogP contribution in [0.3, 0.4) is 0 Å². The van der Waals surface area contributed by atoms with Crippen molar-refractivity contribution >= 4 is 56.8 Å². The average molecular weight is 942 g/mol. The molecule has 0 spiro atoms. The van der Waals surface area contributed by atoms with Gasteiger partial charge in [0.25, 0.3) is 12.3 Å². The summed E-state index contributed by atoms with van der Waals surface area (Å²) in [5.41, 5.74) is 3.15. The second-order valence-electron chi connectivity index (χ2n) is 17.3. The molecular weight excluding hydrogens is 900 g/mol. The largest absolute Gasteiger partial charge is 0.405 e. The van der Waals surface area contributed by atoms with Gasteiger partial charge < -0.3 is 20.6 Å². The second kappa shape index (κ2) is 16.9. The molecule has 0 radical (unpaired) electrons. The quantitative estimate of drug-likeness (QED) is 0.0678. The Bertz CT molecular complexity index is 2880. The first-order valence-corrected chi connectivity index (χ1v) is 22.0. The van der Waals surface area contributed by atoms with Gasteiger partial charge in [-0.1, -0.05) is 28.7 Å². The van der Waals surface area contributed by atoms with Crippen LogP contribution in [0.5, 0.6) is 0 Å². The van der Waals surface area contributed by atoms with Gasteiger partial charge >= 0.3 is 6.01 Å². The predicted molar refractivity (Wildman–Crippen MR) is 231 cm³/mol. The molecule has 3 aliphatic rings. The van der Waals surface area contributed by atoms with Crippen molar-refractivity contribution in [2.75, 3.05) is 11.9 Å². The lowest BCUT2D eigenvalue weighted by Crippen LogP contribution is -2.35. The smallest absolute Gasteiger partial charge is 0.321 e. The summed E-state index contributed by atoms with van der Waals surface area (Å²) in [6.07, 6.45) is -1.97. The van der Waals surface area contributed by atoms with E-state index in [1.165, 1.54) is 18.5 Å². The van der Waals surface area contributed by atoms with Crippen molar-refractivity contribution in [3.63, 3.8) is 0 Å². The van der Waals surface area contributed by atoms with Gasteiger partial charge in [0.2, 0.25) is 11.8 Å². The van der Waals surface area contributed by atoms with Crippen LogP contribution in [0.15, 0.2) is 63.1 Å². The van der Waals surface area contributed by atoms with Crippen LogP contribution < -0.4 is 16.4 Å². The monoisotopic (exact) mass is 941 g/mol. The standard InChI is InChI=1S/C44H42ClF6N9O4S/c1-42(2,65(63)24-7-8-24)13-12-23-6-9-25(26-10-11-29(45)33-36(26)60(5)59-39(33)56-41-58-57-40(64-41)43(3,4)62)35(54-23)30(16-20-14-21(46)17-22(47)15-20)55-31(61)19-53-37-32(34(52)38(48)49)27-18-28(27)44(37,50)51/h6,9-11,14-15,17,24,27-28,30,38,62H,7-8,16,18-19,52H2,1-5H3,(H,55,61)(H,56,58,59)/t27-,28+,30?,65?/m0/s1. The summed E-state index contributed by atoms with van der Waals surface area (Å²) in [5, 5.41) is 29.1. The first kappa shape index (κ1) is 45.8. The van der Waals surface area contributed by atoms with Crippen LogP contribution in [0.1, 0.15) is 75.8 Å². The predicted octanol–water partition coefficient (Wildman–Crippen LogP) is 7.57. The van der Waals surface area contributed by atoms with Crippen LogP contribution in [0.4, 0.5) is 38.2 Å². The van der Waals surface area contributed by atoms with Crippen LogP contribution in [-0.4, -0.2) is 74.8 Å². The molecule has 4 atom stereocenters. The van der Waals surface area contributed by atoms with Crippen LogP contribution >= 0.6 is 11.6 Å². The Morgan fingerprint density at radius 1 is 1.11 bits per heavy atom. The molecule has 3 aliphatic carbocycles. The summed E-state index contributed by atoms with van der Waals surface area (Å²) in [4.78, 5) is 22.7. The van der Waals surface area contributed by atoms with Crippen molar-refractivity contribution < 1.29 is 44.9 Å². The van der Waals surface area contributed by atoms with Crippen molar-refractivity contribution in [2.45, 2.75) is 87.4 Å². The van der Waals surface area contributed by atoms with Crippen molar-refractivity contribution in [2.24, 2.45) is 29.6 Å². The molecular formula is C44H42ClF6N9O4S. The zero-order chi connectivity index (χ0) is 46.9. The number of aryl methyl sites for hydroxylation is 1. The van der Waals surface area contributed by atoms with Gasteiger partial charge in [-0.2, -0.15) is 13.9 Å². The number of amides is 1. The number of aliphatic hydroxyl groups is 1. The number of pyridine rings is 1. The zero-order valence-corrected chi connectivity index (χ0v) is 37.0. The normalized spacial score (nSPS) is 20.4. The number of allylic oxidation sites excluding steroid dienone is 2. The maximum absolute atomic E-state index is 15.4. The Kier molecular flexibility index (Phi) is 11.9. The fourth-order valence-corrected chi connectivity index (χ4v) is 9.77. The summed E-state index contributed by atoms with van der Waals surface area (Å²) < 4.78 is 107. The third-order valence-electron chi connectivity index (χ3n) is 11.3. The molecule has 3 fully saturated rings. The van der Waals surface area contributed by atoms with Crippen molar-refractivity contribution in [3.8, 4) is 23.0 Å². The van der Waals surface area contributed by atoms with E-state index < -0.39 is 92.4 Å². The molecule has 0 bridgehead atoms. The number of alkyl halides is 4. The Hall–Kier alpha value is -5.78. The number of carbonyl (C=O) groups is 1. The molecule has 3 aromatic heterocycles. The lowest BCUT2D eigenvalue weighted by atomic mass is 9.93. The van der Waals surface area contributed by atoms with Crippen molar-refractivity contribution in [1.29, 1.82) is 0 Å². The SMILES string of the molecule is Cn1nc(Nc2nnc(C(C)(C)O)o2)c2c(Cl)ccc(-c3ccc(C#CC(C)(C)S(=O)C4CC4)nc3C(Cc3cc(F)cc(F)c3)NC(=O)CN=C3C(=C(N)C(F)F)[C@H]4C[C@H]4C3(F)F)c21. The fraction of sp³-hybridized carbons (Fsp3) is 0.409. The number of nitrogens with two attached hydrogens (primary N) is 1. The van der Waals surface area contributed by atoms with Gasteiger partial charge in [0.15, 0.2) is 5.82 Å². The third-order valence-corrected chi connectivity index (χ3v) is 13.8. The molecule has 5 aromatic rings. The van der Waals surface area contributed by atoms with Gasteiger partial charge in [-0.3, -0.25) is 24.0 Å². The van der Waals surface area contributed by atoms with E-state index in [0.717, 1.165) is 25.0 Å². The van der Waals surface area contributed by atoms with E-state index in [0.29, 0.717) is 28.1 Å². The zero-order valence-electron chi connectivity index (χ0n) is 35.5. The van der Waals surface area contributed by atoms with Crippen LogP contribution in [-0.2, 0) is 34.7 Å². The highest BCUT2D eigenvalue weighted by Crippen LogP contribution is 2.62. The molecule has 3 saturated carbocycles. The third kappa shape index (κ3) is 9.23. The van der Waals surface area contributed by atoms with E-state index in [-0.39, 0.29) is 57.8 Å². The van der Waals surface area contributed by atoms with E-state index in [1.54, 1.807) is 45.2 Å². The molecule has 65 heavy (non-hydrogen) atoms. The number of hydrogen-bond donors (Lipinski definition) is 4. The number of fused-ring (bicyclic) bond motifs is 2. The number of nitrogens with zero attached hydrogens (tertiary/aromatic N) is 6. The molecule has 3 heterocycles. The minimum Gasteiger partial charge on any atom is -0.405 e. The van der Waals surface area contributed by atoms with Gasteiger partial charge in [0.05, 0.1) is 33.4 Å². The highest BCUT2D eigenvalue weighted by atomic mass is 35.5. The average Bonchev–Trinajstić information content (AvgIpc) is 4.14. The summed E-state index contributed by atoms with van der Waals surface area (Å²) in [5.74, 6) is -2.44.